The summed E-state index contributed by atoms with van der Waals surface area (Å²) in [5, 5.41) is 2.90. The summed E-state index contributed by atoms with van der Waals surface area (Å²) in [6.45, 7) is 6.38. The summed E-state index contributed by atoms with van der Waals surface area (Å²) in [5.41, 5.74) is 2.47. The van der Waals surface area contributed by atoms with Crippen LogP contribution in [-0.4, -0.2) is 22.0 Å². The molecule has 6 heteroatoms. The maximum Gasteiger partial charge on any atom is 0.328 e. The number of hydrogen-bond donors (Lipinski definition) is 1. The van der Waals surface area contributed by atoms with Gasteiger partial charge in [0, 0.05) is 7.05 Å². The Hall–Kier alpha value is -1.88. The number of aromatic nitrogens is 3. The minimum absolute atomic E-state index is 0.0925. The number of anilines is 1. The number of hydrogen-bond acceptors (Lipinski definition) is 5. The molecule has 0 aliphatic heterocycles. The molecule has 20 heavy (non-hydrogen) atoms. The van der Waals surface area contributed by atoms with E-state index in [4.69, 9.17) is 16.3 Å². The Bertz CT molecular complexity index is 616. The van der Waals surface area contributed by atoms with Crippen LogP contribution in [0.2, 0.25) is 5.28 Å². The fourth-order valence-electron chi connectivity index (χ4n) is 1.95. The SMILES string of the molecule is CNc1nc(Cl)nc(Oc2ccc(C(C)C)c(C)c2)n1. The van der Waals surface area contributed by atoms with Crippen molar-refractivity contribution in [2.24, 2.45) is 0 Å². The van der Waals surface area contributed by atoms with Crippen LogP contribution in [-0.2, 0) is 0 Å². The molecule has 1 heterocycles. The van der Waals surface area contributed by atoms with Crippen LogP contribution in [0.1, 0.15) is 30.9 Å². The smallest absolute Gasteiger partial charge is 0.328 e. The normalized spacial score (nSPS) is 10.7. The van der Waals surface area contributed by atoms with E-state index in [2.05, 4.69) is 47.1 Å². The lowest BCUT2D eigenvalue weighted by Gasteiger charge is -2.11. The van der Waals surface area contributed by atoms with Crippen molar-refractivity contribution in [3.63, 3.8) is 0 Å². The van der Waals surface area contributed by atoms with Crippen LogP contribution in [0.25, 0.3) is 0 Å². The summed E-state index contributed by atoms with van der Waals surface area (Å²) in [7, 11) is 1.71. The lowest BCUT2D eigenvalue weighted by atomic mass is 9.98. The Kier molecular flexibility index (Phi) is 4.39. The highest BCUT2D eigenvalue weighted by Crippen LogP contribution is 2.26. The molecular formula is C14H17ClN4O. The van der Waals surface area contributed by atoms with Gasteiger partial charge in [-0.2, -0.15) is 15.0 Å². The highest BCUT2D eigenvalue weighted by Gasteiger charge is 2.09. The summed E-state index contributed by atoms with van der Waals surface area (Å²) >= 11 is 5.81. The first-order chi connectivity index (χ1) is 9.49. The zero-order valence-corrected chi connectivity index (χ0v) is 12.7. The van der Waals surface area contributed by atoms with Gasteiger partial charge in [-0.25, -0.2) is 0 Å². The molecule has 0 unspecified atom stereocenters. The first-order valence-electron chi connectivity index (χ1n) is 6.37. The first-order valence-corrected chi connectivity index (χ1v) is 6.75. The molecular weight excluding hydrogens is 276 g/mol. The molecule has 1 aromatic carbocycles. The summed E-state index contributed by atoms with van der Waals surface area (Å²) < 4.78 is 5.63. The van der Waals surface area contributed by atoms with E-state index in [1.54, 1.807) is 7.05 Å². The van der Waals surface area contributed by atoms with Crippen LogP contribution in [0.5, 0.6) is 11.8 Å². The van der Waals surface area contributed by atoms with Gasteiger partial charge in [-0.1, -0.05) is 19.9 Å². The zero-order valence-electron chi connectivity index (χ0n) is 11.9. The monoisotopic (exact) mass is 292 g/mol. The second-order valence-corrected chi connectivity index (χ2v) is 5.07. The van der Waals surface area contributed by atoms with Crippen molar-refractivity contribution < 1.29 is 4.74 Å². The van der Waals surface area contributed by atoms with E-state index in [1.807, 2.05) is 12.1 Å². The van der Waals surface area contributed by atoms with E-state index < -0.39 is 0 Å². The Morgan fingerprint density at radius 1 is 1.20 bits per heavy atom. The second-order valence-electron chi connectivity index (χ2n) is 4.74. The molecule has 0 bridgehead atoms. The van der Waals surface area contributed by atoms with Gasteiger partial charge >= 0.3 is 6.01 Å². The second kappa shape index (κ2) is 6.05. The van der Waals surface area contributed by atoms with E-state index in [-0.39, 0.29) is 11.3 Å². The van der Waals surface area contributed by atoms with Crippen LogP contribution < -0.4 is 10.1 Å². The molecule has 2 rings (SSSR count). The fraction of sp³-hybridized carbons (Fsp3) is 0.357. The Balaban J connectivity index is 2.26. The Morgan fingerprint density at radius 2 is 1.95 bits per heavy atom. The lowest BCUT2D eigenvalue weighted by molar-refractivity contribution is 0.440. The van der Waals surface area contributed by atoms with Crippen molar-refractivity contribution in [1.82, 2.24) is 15.0 Å². The van der Waals surface area contributed by atoms with E-state index in [0.717, 1.165) is 0 Å². The topological polar surface area (TPSA) is 59.9 Å². The van der Waals surface area contributed by atoms with E-state index in [0.29, 0.717) is 17.6 Å². The summed E-state index contributed by atoms with van der Waals surface area (Å²) in [6, 6.07) is 6.09. The van der Waals surface area contributed by atoms with Gasteiger partial charge in [0.15, 0.2) is 0 Å². The maximum absolute atomic E-state index is 5.81. The number of benzene rings is 1. The van der Waals surface area contributed by atoms with Gasteiger partial charge in [0.1, 0.15) is 5.75 Å². The fourth-order valence-corrected chi connectivity index (χ4v) is 2.11. The first kappa shape index (κ1) is 14.5. The van der Waals surface area contributed by atoms with Crippen molar-refractivity contribution in [2.45, 2.75) is 26.7 Å². The van der Waals surface area contributed by atoms with Gasteiger partial charge in [0.05, 0.1) is 0 Å². The largest absolute Gasteiger partial charge is 0.424 e. The molecule has 1 aromatic heterocycles. The molecule has 0 aliphatic carbocycles. The Morgan fingerprint density at radius 3 is 2.55 bits per heavy atom. The standard InChI is InChI=1S/C14H17ClN4O/c1-8(2)11-6-5-10(7-9(11)3)20-14-18-12(15)17-13(16-4)19-14/h5-8H,1-4H3,(H,16,17,18,19). The molecule has 1 N–H and O–H groups in total. The van der Waals surface area contributed by atoms with E-state index in [1.165, 1.54) is 11.1 Å². The molecule has 2 aromatic rings. The zero-order chi connectivity index (χ0) is 14.7. The third-order valence-corrected chi connectivity index (χ3v) is 3.05. The molecule has 0 aliphatic rings. The van der Waals surface area contributed by atoms with Gasteiger partial charge in [-0.3, -0.25) is 0 Å². The molecule has 106 valence electrons. The number of rotatable bonds is 4. The highest BCUT2D eigenvalue weighted by atomic mass is 35.5. The predicted octanol–water partition coefficient (Wildman–Crippen LogP) is 3.79. The summed E-state index contributed by atoms with van der Waals surface area (Å²) in [5.74, 6) is 1.53. The third kappa shape index (κ3) is 3.36. The highest BCUT2D eigenvalue weighted by molar-refractivity contribution is 6.28. The third-order valence-electron chi connectivity index (χ3n) is 2.88. The molecule has 0 saturated carbocycles. The van der Waals surface area contributed by atoms with Crippen molar-refractivity contribution >= 4 is 17.5 Å². The summed E-state index contributed by atoms with van der Waals surface area (Å²) in [6.07, 6.45) is 0. The minimum atomic E-state index is 0.0925. The number of aryl methyl sites for hydroxylation is 1. The van der Waals surface area contributed by atoms with Gasteiger partial charge < -0.3 is 10.1 Å². The molecule has 0 fully saturated rings. The number of ether oxygens (including phenoxy) is 1. The Labute approximate surface area is 123 Å². The molecule has 0 amide bonds. The molecule has 5 nitrogen and oxygen atoms in total. The average Bonchev–Trinajstić information content (AvgIpc) is 2.37. The van der Waals surface area contributed by atoms with Crippen molar-refractivity contribution in [3.8, 4) is 11.8 Å². The van der Waals surface area contributed by atoms with Crippen LogP contribution in [0, 0.1) is 6.92 Å². The van der Waals surface area contributed by atoms with Gasteiger partial charge in [-0.05, 0) is 47.7 Å². The van der Waals surface area contributed by atoms with Crippen molar-refractivity contribution in [3.05, 3.63) is 34.6 Å². The maximum atomic E-state index is 5.81. The number of nitrogens with zero attached hydrogens (tertiary/aromatic N) is 3. The predicted molar refractivity (Wildman–Crippen MR) is 79.7 cm³/mol. The van der Waals surface area contributed by atoms with Crippen molar-refractivity contribution in [2.75, 3.05) is 12.4 Å². The van der Waals surface area contributed by atoms with Crippen LogP contribution in [0.4, 0.5) is 5.95 Å². The lowest BCUT2D eigenvalue weighted by Crippen LogP contribution is -2.01. The molecule has 0 radical (unpaired) electrons. The van der Waals surface area contributed by atoms with Crippen LogP contribution in [0.3, 0.4) is 0 Å². The summed E-state index contributed by atoms with van der Waals surface area (Å²) in [4.78, 5) is 11.9. The molecule has 0 atom stereocenters. The number of halogens is 1. The number of nitrogens with one attached hydrogen (secondary N) is 1. The van der Waals surface area contributed by atoms with Crippen LogP contribution >= 0.6 is 11.6 Å². The van der Waals surface area contributed by atoms with Crippen molar-refractivity contribution in [1.29, 1.82) is 0 Å². The average molecular weight is 293 g/mol. The van der Waals surface area contributed by atoms with Gasteiger partial charge in [0.25, 0.3) is 0 Å². The van der Waals surface area contributed by atoms with Crippen LogP contribution in [0.15, 0.2) is 18.2 Å². The quantitative estimate of drug-likeness (QED) is 0.929. The van der Waals surface area contributed by atoms with Gasteiger partial charge in [-0.15, -0.1) is 0 Å². The van der Waals surface area contributed by atoms with Gasteiger partial charge in [0.2, 0.25) is 11.2 Å². The van der Waals surface area contributed by atoms with E-state index >= 15 is 0 Å². The molecule has 0 spiro atoms. The minimum Gasteiger partial charge on any atom is -0.424 e. The molecule has 0 saturated heterocycles. The van der Waals surface area contributed by atoms with E-state index in [9.17, 15) is 0 Å².